The highest BCUT2D eigenvalue weighted by molar-refractivity contribution is 7.20. The van der Waals surface area contributed by atoms with Crippen LogP contribution in [0.4, 0.5) is 0 Å². The van der Waals surface area contributed by atoms with Gasteiger partial charge in [-0.1, -0.05) is 200 Å². The molecule has 268 valence electrons. The third kappa shape index (κ3) is 5.10. The highest BCUT2D eigenvalue weighted by Crippen LogP contribution is 2.39. The highest BCUT2D eigenvalue weighted by Gasteiger charge is 2.43. The lowest BCUT2D eigenvalue weighted by atomic mass is 10.0. The monoisotopic (exact) mass is 742 g/mol. The van der Waals surface area contributed by atoms with E-state index in [2.05, 4.69) is 240 Å². The number of fused-ring (bicyclic) bond motifs is 6. The Kier molecular flexibility index (Phi) is 7.87. The van der Waals surface area contributed by atoms with Gasteiger partial charge in [0.1, 0.15) is 0 Å². The molecule has 0 unspecified atom stereocenters. The number of benzene rings is 9. The van der Waals surface area contributed by atoms with Gasteiger partial charge in [-0.15, -0.1) is 0 Å². The smallest absolute Gasteiger partial charge is 0.181 e. The Morgan fingerprint density at radius 1 is 0.316 bits per heavy atom. The average Bonchev–Trinajstić information content (AvgIpc) is 3.81. The van der Waals surface area contributed by atoms with Crippen molar-refractivity contribution < 1.29 is 0 Å². The van der Waals surface area contributed by atoms with Gasteiger partial charge in [0.05, 0.1) is 27.8 Å². The molecule has 0 spiro atoms. The minimum Gasteiger partial charge on any atom is -0.309 e. The molecule has 0 atom stereocenters. The average molecular weight is 743 g/mol. The standard InChI is InChI=1S/C54H38N2Si/c1-5-20-39(21-6-1)44-28-13-16-32-49(44)56-51-34-18-14-29-45(51)47-37-36-40(38-52(47)56)55-50-33-17-15-30-46(50)48-31-19-35-53(54(48)55)57(41-22-7-2-8-23-41,42-24-9-3-10-25-42)43-26-11-4-12-27-43/h1-38H. The van der Waals surface area contributed by atoms with Crippen LogP contribution < -0.4 is 20.7 Å². The summed E-state index contributed by atoms with van der Waals surface area (Å²) in [5.41, 5.74) is 9.54. The fourth-order valence-corrected chi connectivity index (χ4v) is 14.5. The molecule has 11 aromatic rings. The maximum atomic E-state index is 2.56. The van der Waals surface area contributed by atoms with E-state index < -0.39 is 8.07 Å². The van der Waals surface area contributed by atoms with Crippen LogP contribution in [0.3, 0.4) is 0 Å². The van der Waals surface area contributed by atoms with Crippen molar-refractivity contribution in [2.75, 3.05) is 0 Å². The predicted molar refractivity (Wildman–Crippen MR) is 244 cm³/mol. The minimum absolute atomic E-state index is 1.14. The summed E-state index contributed by atoms with van der Waals surface area (Å²) in [6.45, 7) is 0. The van der Waals surface area contributed by atoms with Crippen LogP contribution in [0, 0.1) is 0 Å². The van der Waals surface area contributed by atoms with Crippen molar-refractivity contribution >= 4 is 72.4 Å². The molecule has 0 amide bonds. The van der Waals surface area contributed by atoms with E-state index in [0.717, 1.165) is 5.69 Å². The molecule has 0 aliphatic carbocycles. The van der Waals surface area contributed by atoms with E-state index in [1.54, 1.807) is 0 Å². The maximum absolute atomic E-state index is 2.91. The van der Waals surface area contributed by atoms with Crippen LogP contribution in [0.5, 0.6) is 0 Å². The van der Waals surface area contributed by atoms with Gasteiger partial charge in [-0.05, 0) is 56.6 Å². The Hall–Kier alpha value is -7.20. The number of rotatable bonds is 7. The Morgan fingerprint density at radius 2 is 0.789 bits per heavy atom. The molecule has 11 rings (SSSR count). The number of para-hydroxylation sites is 4. The van der Waals surface area contributed by atoms with Gasteiger partial charge in [0, 0.05) is 32.8 Å². The van der Waals surface area contributed by atoms with Crippen molar-refractivity contribution in [3.8, 4) is 22.5 Å². The third-order valence-electron chi connectivity index (χ3n) is 11.9. The van der Waals surface area contributed by atoms with Crippen molar-refractivity contribution in [2.24, 2.45) is 0 Å². The van der Waals surface area contributed by atoms with Gasteiger partial charge in [-0.3, -0.25) is 0 Å². The van der Waals surface area contributed by atoms with E-state index >= 15 is 0 Å². The Morgan fingerprint density at radius 3 is 1.42 bits per heavy atom. The van der Waals surface area contributed by atoms with E-state index in [4.69, 9.17) is 0 Å². The summed E-state index contributed by atoms with van der Waals surface area (Å²) in [5, 5.41) is 10.4. The van der Waals surface area contributed by atoms with Gasteiger partial charge in [0.25, 0.3) is 0 Å². The van der Waals surface area contributed by atoms with E-state index in [1.165, 1.54) is 81.2 Å². The molecule has 0 fully saturated rings. The van der Waals surface area contributed by atoms with Gasteiger partial charge < -0.3 is 9.13 Å². The summed E-state index contributed by atoms with van der Waals surface area (Å²) in [4.78, 5) is 0. The molecular formula is C54H38N2Si. The first-order valence-electron chi connectivity index (χ1n) is 19.7. The summed E-state index contributed by atoms with van der Waals surface area (Å²) in [6.07, 6.45) is 0. The predicted octanol–water partition coefficient (Wildman–Crippen LogP) is 10.9. The zero-order chi connectivity index (χ0) is 37.8. The highest BCUT2D eigenvalue weighted by atomic mass is 28.3. The van der Waals surface area contributed by atoms with Crippen LogP contribution in [0.25, 0.3) is 66.1 Å². The molecule has 57 heavy (non-hydrogen) atoms. The van der Waals surface area contributed by atoms with Crippen LogP contribution in [0.15, 0.2) is 231 Å². The number of hydrogen-bond acceptors (Lipinski definition) is 0. The van der Waals surface area contributed by atoms with Gasteiger partial charge in [-0.25, -0.2) is 0 Å². The maximum Gasteiger partial charge on any atom is 0.181 e. The Bertz CT molecular complexity index is 3120. The molecule has 2 aromatic heterocycles. The Balaban J connectivity index is 1.28. The van der Waals surface area contributed by atoms with Gasteiger partial charge in [-0.2, -0.15) is 0 Å². The number of hydrogen-bond donors (Lipinski definition) is 0. The largest absolute Gasteiger partial charge is 0.309 e. The quantitative estimate of drug-likeness (QED) is 0.114. The molecule has 0 bridgehead atoms. The molecule has 3 heteroatoms. The first-order chi connectivity index (χ1) is 28.3. The van der Waals surface area contributed by atoms with Crippen LogP contribution in [0.2, 0.25) is 0 Å². The molecule has 9 aromatic carbocycles. The SMILES string of the molecule is c1ccc(-c2ccccc2-n2c3ccccc3c3ccc(-n4c5ccccc5c5cccc([Si](c6ccccc6)(c6ccccc6)c6ccccc6)c54)cc32)cc1. The zero-order valence-corrected chi connectivity index (χ0v) is 32.3. The van der Waals surface area contributed by atoms with E-state index in [0.29, 0.717) is 0 Å². The minimum atomic E-state index is -2.91. The van der Waals surface area contributed by atoms with Crippen LogP contribution in [0.1, 0.15) is 0 Å². The fraction of sp³-hybridized carbons (Fsp3) is 0. The molecule has 0 aliphatic rings. The Labute approximate surface area is 333 Å². The molecule has 0 saturated heterocycles. The summed E-state index contributed by atoms with van der Waals surface area (Å²) >= 11 is 0. The summed E-state index contributed by atoms with van der Waals surface area (Å²) < 4.78 is 5.03. The molecule has 2 heterocycles. The fourth-order valence-electron chi connectivity index (χ4n) is 9.51. The van der Waals surface area contributed by atoms with Crippen LogP contribution >= 0.6 is 0 Å². The van der Waals surface area contributed by atoms with Gasteiger partial charge in [0.15, 0.2) is 8.07 Å². The molecule has 0 aliphatic heterocycles. The van der Waals surface area contributed by atoms with Crippen molar-refractivity contribution in [3.63, 3.8) is 0 Å². The van der Waals surface area contributed by atoms with Crippen molar-refractivity contribution in [1.82, 2.24) is 9.13 Å². The molecule has 2 nitrogen and oxygen atoms in total. The second-order valence-corrected chi connectivity index (χ2v) is 18.6. The third-order valence-corrected chi connectivity index (χ3v) is 16.7. The lowest BCUT2D eigenvalue weighted by molar-refractivity contribution is 1.16. The molecule has 0 N–H and O–H groups in total. The van der Waals surface area contributed by atoms with Gasteiger partial charge >= 0.3 is 0 Å². The summed E-state index contributed by atoms with van der Waals surface area (Å²) in [6, 6.07) is 85.3. The van der Waals surface area contributed by atoms with Crippen LogP contribution in [-0.4, -0.2) is 17.2 Å². The van der Waals surface area contributed by atoms with Crippen LogP contribution in [-0.2, 0) is 0 Å². The molecular weight excluding hydrogens is 705 g/mol. The first kappa shape index (κ1) is 33.2. The van der Waals surface area contributed by atoms with Crippen molar-refractivity contribution in [1.29, 1.82) is 0 Å². The zero-order valence-electron chi connectivity index (χ0n) is 31.3. The first-order valence-corrected chi connectivity index (χ1v) is 21.7. The van der Waals surface area contributed by atoms with Gasteiger partial charge in [0.2, 0.25) is 0 Å². The second-order valence-electron chi connectivity index (χ2n) is 14.8. The van der Waals surface area contributed by atoms with Crippen molar-refractivity contribution in [2.45, 2.75) is 0 Å². The molecule has 0 saturated carbocycles. The summed E-state index contributed by atoms with van der Waals surface area (Å²) in [7, 11) is -2.91. The summed E-state index contributed by atoms with van der Waals surface area (Å²) in [5.74, 6) is 0. The molecule has 0 radical (unpaired) electrons. The topological polar surface area (TPSA) is 9.86 Å². The van der Waals surface area contributed by atoms with E-state index in [9.17, 15) is 0 Å². The lowest BCUT2D eigenvalue weighted by Gasteiger charge is -2.35. The van der Waals surface area contributed by atoms with E-state index in [-0.39, 0.29) is 0 Å². The second kappa shape index (κ2) is 13.5. The lowest BCUT2D eigenvalue weighted by Crippen LogP contribution is -2.75. The van der Waals surface area contributed by atoms with E-state index in [1.807, 2.05) is 0 Å². The number of aromatic nitrogens is 2. The normalized spacial score (nSPS) is 11.9. The van der Waals surface area contributed by atoms with Crippen molar-refractivity contribution in [3.05, 3.63) is 231 Å². The number of nitrogens with zero attached hydrogens (tertiary/aromatic N) is 2.